The third kappa shape index (κ3) is 2.71. The highest BCUT2D eigenvalue weighted by molar-refractivity contribution is 9.10. The molecule has 92 valence electrons. The van der Waals surface area contributed by atoms with E-state index in [9.17, 15) is 4.79 Å². The summed E-state index contributed by atoms with van der Waals surface area (Å²) in [6.07, 6.45) is 0. The maximum atomic E-state index is 12.1. The smallest absolute Gasteiger partial charge is 0.257 e. The molecule has 0 spiro atoms. The molecule has 0 aliphatic carbocycles. The fraction of sp³-hybridized carbons (Fsp3) is 0.0714. The summed E-state index contributed by atoms with van der Waals surface area (Å²) in [5.74, 6) is -0.196. The molecule has 1 amide bonds. The molecule has 0 radical (unpaired) electrons. The van der Waals surface area contributed by atoms with Gasteiger partial charge in [-0.1, -0.05) is 28.1 Å². The number of aryl methyl sites for hydroxylation is 1. The Morgan fingerprint density at radius 1 is 1.22 bits per heavy atom. The minimum absolute atomic E-state index is 0.196. The number of amides is 1. The lowest BCUT2D eigenvalue weighted by atomic mass is 10.1. The van der Waals surface area contributed by atoms with Gasteiger partial charge in [0.05, 0.1) is 5.56 Å². The minimum atomic E-state index is -0.196. The number of carbonyl (C=O) groups is 1. The van der Waals surface area contributed by atoms with Gasteiger partial charge >= 0.3 is 0 Å². The summed E-state index contributed by atoms with van der Waals surface area (Å²) in [5.41, 5.74) is 8.51. The molecular weight excluding hydrogens is 292 g/mol. The Hall–Kier alpha value is -1.81. The first kappa shape index (κ1) is 12.6. The van der Waals surface area contributed by atoms with Crippen molar-refractivity contribution in [3.05, 3.63) is 58.1 Å². The van der Waals surface area contributed by atoms with Gasteiger partial charge in [0, 0.05) is 15.8 Å². The van der Waals surface area contributed by atoms with Gasteiger partial charge < -0.3 is 11.1 Å². The number of para-hydroxylation sites is 1. The average Bonchev–Trinajstić information content (AvgIpc) is 2.33. The Balaban J connectivity index is 2.24. The van der Waals surface area contributed by atoms with Crippen LogP contribution >= 0.6 is 15.9 Å². The molecule has 0 aliphatic heterocycles. The van der Waals surface area contributed by atoms with E-state index >= 15 is 0 Å². The van der Waals surface area contributed by atoms with E-state index in [2.05, 4.69) is 21.2 Å². The van der Waals surface area contributed by atoms with Gasteiger partial charge in [0.25, 0.3) is 5.91 Å². The lowest BCUT2D eigenvalue weighted by molar-refractivity contribution is 0.102. The molecule has 4 heteroatoms. The van der Waals surface area contributed by atoms with Crippen molar-refractivity contribution in [2.24, 2.45) is 0 Å². The normalized spacial score (nSPS) is 10.1. The van der Waals surface area contributed by atoms with Crippen molar-refractivity contribution < 1.29 is 4.79 Å². The second-order valence-corrected chi connectivity index (χ2v) is 4.92. The van der Waals surface area contributed by atoms with Crippen molar-refractivity contribution in [3.8, 4) is 0 Å². The van der Waals surface area contributed by atoms with Gasteiger partial charge in [-0.3, -0.25) is 4.79 Å². The molecule has 3 N–H and O–H groups in total. The van der Waals surface area contributed by atoms with Crippen LogP contribution in [0.2, 0.25) is 0 Å². The third-order valence-corrected chi connectivity index (χ3v) is 3.14. The van der Waals surface area contributed by atoms with Crippen molar-refractivity contribution in [3.63, 3.8) is 0 Å². The summed E-state index contributed by atoms with van der Waals surface area (Å²) in [4.78, 5) is 12.1. The Kier molecular flexibility index (Phi) is 3.67. The Morgan fingerprint density at radius 2 is 1.94 bits per heavy atom. The standard InChI is InChI=1S/C14H13BrN2O/c1-9-8-10(15)6-7-13(9)17-14(18)11-4-2-3-5-12(11)16/h2-8H,16H2,1H3,(H,17,18). The number of carbonyl (C=O) groups excluding carboxylic acids is 1. The summed E-state index contributed by atoms with van der Waals surface area (Å²) in [5, 5.41) is 2.85. The van der Waals surface area contributed by atoms with Crippen LogP contribution in [-0.4, -0.2) is 5.91 Å². The first-order valence-corrected chi connectivity index (χ1v) is 6.29. The zero-order valence-electron chi connectivity index (χ0n) is 9.91. The van der Waals surface area contributed by atoms with Gasteiger partial charge in [0.1, 0.15) is 0 Å². The Bertz CT molecular complexity index is 596. The van der Waals surface area contributed by atoms with E-state index in [0.717, 1.165) is 15.7 Å². The monoisotopic (exact) mass is 304 g/mol. The average molecular weight is 305 g/mol. The number of hydrogen-bond donors (Lipinski definition) is 2. The van der Waals surface area contributed by atoms with Crippen molar-refractivity contribution in [2.75, 3.05) is 11.1 Å². The number of nitrogens with one attached hydrogen (secondary N) is 1. The van der Waals surface area contributed by atoms with E-state index in [1.807, 2.05) is 25.1 Å². The third-order valence-electron chi connectivity index (χ3n) is 2.64. The van der Waals surface area contributed by atoms with E-state index in [4.69, 9.17) is 5.73 Å². The van der Waals surface area contributed by atoms with Gasteiger partial charge in [-0.05, 0) is 42.8 Å². The summed E-state index contributed by atoms with van der Waals surface area (Å²) in [6.45, 7) is 1.94. The summed E-state index contributed by atoms with van der Waals surface area (Å²) in [6, 6.07) is 12.7. The van der Waals surface area contributed by atoms with Crippen molar-refractivity contribution in [2.45, 2.75) is 6.92 Å². The van der Waals surface area contributed by atoms with Crippen LogP contribution in [0.1, 0.15) is 15.9 Å². The second kappa shape index (κ2) is 5.23. The lowest BCUT2D eigenvalue weighted by Gasteiger charge is -2.10. The molecule has 0 atom stereocenters. The van der Waals surface area contributed by atoms with Gasteiger partial charge in [0.15, 0.2) is 0 Å². The zero-order chi connectivity index (χ0) is 13.1. The molecule has 0 saturated carbocycles. The highest BCUT2D eigenvalue weighted by atomic mass is 79.9. The van der Waals surface area contributed by atoms with Crippen LogP contribution in [-0.2, 0) is 0 Å². The molecule has 0 fully saturated rings. The molecule has 3 nitrogen and oxygen atoms in total. The first-order valence-electron chi connectivity index (χ1n) is 5.50. The Labute approximate surface area is 114 Å². The largest absolute Gasteiger partial charge is 0.398 e. The van der Waals surface area contributed by atoms with Crippen LogP contribution in [0.5, 0.6) is 0 Å². The molecule has 0 aliphatic rings. The first-order chi connectivity index (χ1) is 8.58. The molecule has 2 aromatic rings. The van der Waals surface area contributed by atoms with E-state index in [0.29, 0.717) is 11.3 Å². The fourth-order valence-electron chi connectivity index (χ4n) is 1.66. The predicted octanol–water partition coefficient (Wildman–Crippen LogP) is 3.59. The highest BCUT2D eigenvalue weighted by Gasteiger charge is 2.10. The van der Waals surface area contributed by atoms with Crippen LogP contribution in [0.15, 0.2) is 46.9 Å². The lowest BCUT2D eigenvalue weighted by Crippen LogP contribution is -2.14. The van der Waals surface area contributed by atoms with Crippen LogP contribution in [0.3, 0.4) is 0 Å². The van der Waals surface area contributed by atoms with E-state index < -0.39 is 0 Å². The number of halogens is 1. The van der Waals surface area contributed by atoms with E-state index in [1.165, 1.54) is 0 Å². The molecule has 2 rings (SSSR count). The van der Waals surface area contributed by atoms with Gasteiger partial charge in [0.2, 0.25) is 0 Å². The molecule has 18 heavy (non-hydrogen) atoms. The van der Waals surface area contributed by atoms with Gasteiger partial charge in [-0.15, -0.1) is 0 Å². The topological polar surface area (TPSA) is 55.1 Å². The number of benzene rings is 2. The molecule has 0 unspecified atom stereocenters. The van der Waals surface area contributed by atoms with Gasteiger partial charge in [-0.2, -0.15) is 0 Å². The maximum absolute atomic E-state index is 12.1. The van der Waals surface area contributed by atoms with Crippen LogP contribution in [0.4, 0.5) is 11.4 Å². The second-order valence-electron chi connectivity index (χ2n) is 4.00. The zero-order valence-corrected chi connectivity index (χ0v) is 11.5. The molecule has 0 aromatic heterocycles. The quantitative estimate of drug-likeness (QED) is 0.833. The molecule has 0 heterocycles. The SMILES string of the molecule is Cc1cc(Br)ccc1NC(=O)c1ccccc1N. The summed E-state index contributed by atoms with van der Waals surface area (Å²) in [7, 11) is 0. The number of hydrogen-bond acceptors (Lipinski definition) is 2. The van der Waals surface area contributed by atoms with E-state index in [1.54, 1.807) is 24.3 Å². The minimum Gasteiger partial charge on any atom is -0.398 e. The Morgan fingerprint density at radius 3 is 2.61 bits per heavy atom. The molecule has 0 bridgehead atoms. The summed E-state index contributed by atoms with van der Waals surface area (Å²) < 4.78 is 0.984. The number of nitrogen functional groups attached to an aromatic ring is 1. The van der Waals surface area contributed by atoms with Gasteiger partial charge in [-0.25, -0.2) is 0 Å². The van der Waals surface area contributed by atoms with E-state index in [-0.39, 0.29) is 5.91 Å². The molecule has 0 saturated heterocycles. The predicted molar refractivity (Wildman–Crippen MR) is 77.7 cm³/mol. The van der Waals surface area contributed by atoms with Crippen LogP contribution in [0.25, 0.3) is 0 Å². The number of anilines is 2. The maximum Gasteiger partial charge on any atom is 0.257 e. The van der Waals surface area contributed by atoms with Crippen molar-refractivity contribution in [1.82, 2.24) is 0 Å². The van der Waals surface area contributed by atoms with Crippen LogP contribution in [0, 0.1) is 6.92 Å². The van der Waals surface area contributed by atoms with Crippen molar-refractivity contribution >= 4 is 33.2 Å². The number of nitrogens with two attached hydrogens (primary N) is 1. The van der Waals surface area contributed by atoms with Crippen molar-refractivity contribution in [1.29, 1.82) is 0 Å². The highest BCUT2D eigenvalue weighted by Crippen LogP contribution is 2.21. The summed E-state index contributed by atoms with van der Waals surface area (Å²) >= 11 is 3.39. The molecule has 2 aromatic carbocycles. The number of rotatable bonds is 2. The van der Waals surface area contributed by atoms with Crippen LogP contribution < -0.4 is 11.1 Å². The fourth-order valence-corrected chi connectivity index (χ4v) is 2.14. The molecular formula is C14H13BrN2O.